The maximum Gasteiger partial charge on any atom is 0.320 e. The van der Waals surface area contributed by atoms with E-state index < -0.39 is 0 Å². The van der Waals surface area contributed by atoms with Gasteiger partial charge in [0.1, 0.15) is 0 Å². The van der Waals surface area contributed by atoms with Crippen molar-refractivity contribution in [2.45, 2.75) is 33.4 Å². The van der Waals surface area contributed by atoms with Crippen LogP contribution in [0.2, 0.25) is 0 Å². The van der Waals surface area contributed by atoms with Gasteiger partial charge < -0.3 is 4.74 Å². The molecule has 0 amide bonds. The highest BCUT2D eigenvalue weighted by Gasteiger charge is 2.16. The Kier molecular flexibility index (Phi) is 6.04. The van der Waals surface area contributed by atoms with E-state index in [2.05, 4.69) is 6.07 Å². The minimum absolute atomic E-state index is 0.205. The molecule has 1 rings (SSSR count). The van der Waals surface area contributed by atoms with Gasteiger partial charge in [0.2, 0.25) is 0 Å². The molecule has 1 aromatic rings. The molecular formula is C15H20N2O2. The molecule has 0 heterocycles. The smallest absolute Gasteiger partial charge is 0.320 e. The zero-order valence-electron chi connectivity index (χ0n) is 11.7. The maximum absolute atomic E-state index is 11.6. The Hall–Kier alpha value is -1.86. The van der Waals surface area contributed by atoms with Gasteiger partial charge in [-0.2, -0.15) is 5.26 Å². The van der Waals surface area contributed by atoms with E-state index in [9.17, 15) is 4.79 Å². The number of carbonyl (C=O) groups excluding carboxylic acids is 1. The third-order valence-electron chi connectivity index (χ3n) is 2.88. The molecule has 0 atom stereocenters. The van der Waals surface area contributed by atoms with Gasteiger partial charge in [0.15, 0.2) is 0 Å². The molecule has 4 nitrogen and oxygen atoms in total. The summed E-state index contributed by atoms with van der Waals surface area (Å²) < 4.78 is 4.97. The van der Waals surface area contributed by atoms with E-state index in [1.165, 1.54) is 0 Å². The molecule has 0 unspecified atom stereocenters. The summed E-state index contributed by atoms with van der Waals surface area (Å²) in [6.07, 6.45) is 0. The van der Waals surface area contributed by atoms with Gasteiger partial charge in [-0.1, -0.05) is 18.2 Å². The Morgan fingerprint density at radius 1 is 1.42 bits per heavy atom. The molecule has 0 aliphatic carbocycles. The third kappa shape index (κ3) is 4.72. The second-order valence-corrected chi connectivity index (χ2v) is 4.57. The quantitative estimate of drug-likeness (QED) is 0.737. The molecule has 0 spiro atoms. The molecule has 1 aromatic carbocycles. The number of ether oxygens (including phenoxy) is 1. The van der Waals surface area contributed by atoms with Crippen molar-refractivity contribution >= 4 is 5.97 Å². The van der Waals surface area contributed by atoms with Gasteiger partial charge in [-0.3, -0.25) is 9.69 Å². The summed E-state index contributed by atoms with van der Waals surface area (Å²) >= 11 is 0. The van der Waals surface area contributed by atoms with Crippen LogP contribution < -0.4 is 0 Å². The highest BCUT2D eigenvalue weighted by Crippen LogP contribution is 2.12. The van der Waals surface area contributed by atoms with Crippen LogP contribution in [0.25, 0.3) is 0 Å². The zero-order chi connectivity index (χ0) is 14.3. The summed E-state index contributed by atoms with van der Waals surface area (Å²) in [5.41, 5.74) is 1.58. The summed E-state index contributed by atoms with van der Waals surface area (Å²) in [6, 6.07) is 9.83. The van der Waals surface area contributed by atoms with E-state index >= 15 is 0 Å². The van der Waals surface area contributed by atoms with Crippen molar-refractivity contribution in [1.29, 1.82) is 5.26 Å². The van der Waals surface area contributed by atoms with Crippen LogP contribution in [-0.2, 0) is 16.1 Å². The first-order valence-corrected chi connectivity index (χ1v) is 6.46. The van der Waals surface area contributed by atoms with Crippen LogP contribution in [0.15, 0.2) is 24.3 Å². The fraction of sp³-hybridized carbons (Fsp3) is 0.467. The first kappa shape index (κ1) is 15.2. The Morgan fingerprint density at radius 2 is 2.11 bits per heavy atom. The Bertz CT molecular complexity index is 463. The van der Waals surface area contributed by atoms with Crippen molar-refractivity contribution in [3.8, 4) is 6.07 Å². The molecule has 0 aliphatic heterocycles. The number of rotatable bonds is 6. The number of benzene rings is 1. The Morgan fingerprint density at radius 3 is 2.68 bits per heavy atom. The van der Waals surface area contributed by atoms with Gasteiger partial charge in [-0.25, -0.2) is 0 Å². The topological polar surface area (TPSA) is 53.3 Å². The first-order chi connectivity index (χ1) is 9.08. The fourth-order valence-electron chi connectivity index (χ4n) is 1.78. The first-order valence-electron chi connectivity index (χ1n) is 6.46. The number of nitriles is 1. The van der Waals surface area contributed by atoms with Crippen molar-refractivity contribution in [1.82, 2.24) is 4.90 Å². The number of carbonyl (C=O) groups is 1. The van der Waals surface area contributed by atoms with Crippen LogP contribution in [0.5, 0.6) is 0 Å². The molecule has 0 bridgehead atoms. The summed E-state index contributed by atoms with van der Waals surface area (Å²) in [5, 5.41) is 9.08. The molecular weight excluding hydrogens is 240 g/mol. The average Bonchev–Trinajstić information content (AvgIpc) is 2.38. The lowest BCUT2D eigenvalue weighted by atomic mass is 10.1. The summed E-state index contributed by atoms with van der Waals surface area (Å²) in [5.74, 6) is -0.231. The van der Waals surface area contributed by atoms with Crippen molar-refractivity contribution in [2.24, 2.45) is 0 Å². The largest absolute Gasteiger partial charge is 0.465 e. The molecule has 0 saturated carbocycles. The molecule has 102 valence electrons. The minimum atomic E-state index is -0.231. The molecule has 19 heavy (non-hydrogen) atoms. The van der Waals surface area contributed by atoms with Crippen LogP contribution in [-0.4, -0.2) is 30.1 Å². The standard InChI is InChI=1S/C15H20N2O2/c1-4-19-15(18)11-17(12(2)3)10-14-8-6-5-7-13(14)9-16/h5-8,12H,4,10-11H2,1-3H3. The van der Waals surface area contributed by atoms with E-state index in [1.807, 2.05) is 36.9 Å². The van der Waals surface area contributed by atoms with Crippen LogP contribution in [0.3, 0.4) is 0 Å². The molecule has 0 N–H and O–H groups in total. The van der Waals surface area contributed by atoms with Crippen molar-refractivity contribution in [3.63, 3.8) is 0 Å². The monoisotopic (exact) mass is 260 g/mol. The van der Waals surface area contributed by atoms with E-state index in [0.717, 1.165) is 5.56 Å². The highest BCUT2D eigenvalue weighted by molar-refractivity contribution is 5.71. The van der Waals surface area contributed by atoms with Crippen molar-refractivity contribution in [2.75, 3.05) is 13.2 Å². The van der Waals surface area contributed by atoms with Crippen molar-refractivity contribution < 1.29 is 9.53 Å². The molecule has 0 radical (unpaired) electrons. The summed E-state index contributed by atoms with van der Waals surface area (Å²) in [6.45, 7) is 7.04. The van der Waals surface area contributed by atoms with E-state index in [4.69, 9.17) is 10.00 Å². The molecule has 4 heteroatoms. The van der Waals surface area contributed by atoms with Crippen LogP contribution >= 0.6 is 0 Å². The normalized spacial score (nSPS) is 10.5. The lowest BCUT2D eigenvalue weighted by Gasteiger charge is -2.25. The van der Waals surface area contributed by atoms with E-state index in [0.29, 0.717) is 18.7 Å². The maximum atomic E-state index is 11.6. The van der Waals surface area contributed by atoms with Gasteiger partial charge in [-0.15, -0.1) is 0 Å². The second-order valence-electron chi connectivity index (χ2n) is 4.57. The minimum Gasteiger partial charge on any atom is -0.465 e. The van der Waals surface area contributed by atoms with Crippen LogP contribution in [0.1, 0.15) is 31.9 Å². The Balaban J connectivity index is 2.79. The van der Waals surface area contributed by atoms with E-state index in [-0.39, 0.29) is 18.6 Å². The predicted octanol–water partition coefficient (Wildman–Crippen LogP) is 2.33. The summed E-state index contributed by atoms with van der Waals surface area (Å²) in [4.78, 5) is 13.6. The van der Waals surface area contributed by atoms with Gasteiger partial charge in [0.05, 0.1) is 24.8 Å². The van der Waals surface area contributed by atoms with Crippen molar-refractivity contribution in [3.05, 3.63) is 35.4 Å². The van der Waals surface area contributed by atoms with Crippen LogP contribution in [0, 0.1) is 11.3 Å². The SMILES string of the molecule is CCOC(=O)CN(Cc1ccccc1C#N)C(C)C. The predicted molar refractivity (Wildman–Crippen MR) is 73.3 cm³/mol. The Labute approximate surface area is 114 Å². The third-order valence-corrected chi connectivity index (χ3v) is 2.88. The lowest BCUT2D eigenvalue weighted by molar-refractivity contribution is -0.145. The average molecular weight is 260 g/mol. The number of hydrogen-bond donors (Lipinski definition) is 0. The summed E-state index contributed by atoms with van der Waals surface area (Å²) in [7, 11) is 0. The molecule has 0 saturated heterocycles. The fourth-order valence-corrected chi connectivity index (χ4v) is 1.78. The van der Waals surface area contributed by atoms with Crippen LogP contribution in [0.4, 0.5) is 0 Å². The second kappa shape index (κ2) is 7.55. The van der Waals surface area contributed by atoms with Gasteiger partial charge >= 0.3 is 5.97 Å². The van der Waals surface area contributed by atoms with Gasteiger partial charge in [-0.05, 0) is 32.4 Å². The zero-order valence-corrected chi connectivity index (χ0v) is 11.7. The lowest BCUT2D eigenvalue weighted by Crippen LogP contribution is -2.36. The molecule has 0 fully saturated rings. The molecule has 0 aliphatic rings. The van der Waals surface area contributed by atoms with Gasteiger partial charge in [0, 0.05) is 12.6 Å². The van der Waals surface area contributed by atoms with Gasteiger partial charge in [0.25, 0.3) is 0 Å². The highest BCUT2D eigenvalue weighted by atomic mass is 16.5. The molecule has 0 aromatic heterocycles. The number of nitrogens with zero attached hydrogens (tertiary/aromatic N) is 2. The number of hydrogen-bond acceptors (Lipinski definition) is 4. The van der Waals surface area contributed by atoms with E-state index in [1.54, 1.807) is 13.0 Å². The number of esters is 1.